The summed E-state index contributed by atoms with van der Waals surface area (Å²) in [7, 11) is 2.26. The molecule has 0 aliphatic heterocycles. The van der Waals surface area contributed by atoms with Gasteiger partial charge in [-0.25, -0.2) is 0 Å². The fourth-order valence-electron chi connectivity index (χ4n) is 4.26. The number of phenolic OH excluding ortho intramolecular Hbond substituents is 1. The molecule has 2 aliphatic carbocycles. The Morgan fingerprint density at radius 3 is 2.81 bits per heavy atom. The zero-order valence-corrected chi connectivity index (χ0v) is 13.7. The summed E-state index contributed by atoms with van der Waals surface area (Å²) in [5, 5.41) is 9.83. The number of likely N-dealkylation sites (N-methyl/N-ethyl adjacent to an activating group) is 1. The van der Waals surface area contributed by atoms with Gasteiger partial charge in [-0.2, -0.15) is 0 Å². The van der Waals surface area contributed by atoms with Gasteiger partial charge >= 0.3 is 0 Å². The second kappa shape index (κ2) is 5.17. The molecule has 3 atom stereocenters. The van der Waals surface area contributed by atoms with Gasteiger partial charge in [-0.1, -0.05) is 24.6 Å². The number of hydrogen-bond donors (Lipinski definition) is 1. The van der Waals surface area contributed by atoms with Crippen molar-refractivity contribution in [3.05, 3.63) is 41.0 Å². The zero-order valence-electron chi connectivity index (χ0n) is 13.7. The predicted molar refractivity (Wildman–Crippen MR) is 87.7 cm³/mol. The molecule has 0 radical (unpaired) electrons. The Labute approximate surface area is 128 Å². The molecule has 3 unspecified atom stereocenters. The lowest BCUT2D eigenvalue weighted by Crippen LogP contribution is -2.57. The van der Waals surface area contributed by atoms with Crippen molar-refractivity contribution in [2.75, 3.05) is 13.6 Å². The average Bonchev–Trinajstić information content (AvgIpc) is 2.42. The molecule has 0 heterocycles. The Morgan fingerprint density at radius 2 is 2.19 bits per heavy atom. The van der Waals surface area contributed by atoms with Crippen LogP contribution in [0.4, 0.5) is 0 Å². The molecule has 0 amide bonds. The highest BCUT2D eigenvalue weighted by Gasteiger charge is 2.52. The lowest BCUT2D eigenvalue weighted by Gasteiger charge is -2.57. The van der Waals surface area contributed by atoms with Crippen LogP contribution in [-0.4, -0.2) is 29.6 Å². The number of aromatic hydroxyl groups is 1. The van der Waals surface area contributed by atoms with Crippen LogP contribution in [-0.2, 0) is 11.8 Å². The van der Waals surface area contributed by atoms with Gasteiger partial charge in [-0.3, -0.25) is 4.90 Å². The molecule has 0 aromatic heterocycles. The second-order valence-electron chi connectivity index (χ2n) is 7.40. The van der Waals surface area contributed by atoms with E-state index in [2.05, 4.69) is 44.9 Å². The van der Waals surface area contributed by atoms with Crippen molar-refractivity contribution < 1.29 is 5.11 Å². The molecule has 2 heteroatoms. The van der Waals surface area contributed by atoms with Crippen molar-refractivity contribution in [3.63, 3.8) is 0 Å². The van der Waals surface area contributed by atoms with Gasteiger partial charge in [0.1, 0.15) is 5.75 Å². The maximum Gasteiger partial charge on any atom is 0.115 e. The highest BCUT2D eigenvalue weighted by Crippen LogP contribution is 2.55. The van der Waals surface area contributed by atoms with E-state index in [0.29, 0.717) is 11.8 Å². The van der Waals surface area contributed by atoms with Crippen LogP contribution in [0.15, 0.2) is 29.8 Å². The summed E-state index contributed by atoms with van der Waals surface area (Å²) in [6.07, 6.45) is 6.00. The first kappa shape index (κ1) is 14.6. The van der Waals surface area contributed by atoms with Gasteiger partial charge in [0.25, 0.3) is 0 Å². The second-order valence-corrected chi connectivity index (χ2v) is 7.40. The van der Waals surface area contributed by atoms with Crippen LogP contribution in [0, 0.1) is 5.92 Å². The van der Waals surface area contributed by atoms with Crippen molar-refractivity contribution >= 4 is 0 Å². The maximum absolute atomic E-state index is 9.83. The highest BCUT2D eigenvalue weighted by molar-refractivity contribution is 5.45. The smallest absolute Gasteiger partial charge is 0.115 e. The molecule has 3 rings (SSSR count). The molecule has 21 heavy (non-hydrogen) atoms. The summed E-state index contributed by atoms with van der Waals surface area (Å²) < 4.78 is 0. The number of rotatable bonds is 3. The van der Waals surface area contributed by atoms with E-state index in [1.807, 2.05) is 12.1 Å². The molecule has 2 aliphatic rings. The van der Waals surface area contributed by atoms with E-state index in [1.54, 1.807) is 0 Å². The molecule has 2 nitrogen and oxygen atoms in total. The Kier molecular flexibility index (Phi) is 3.61. The van der Waals surface area contributed by atoms with Crippen LogP contribution >= 0.6 is 0 Å². The number of hydrogen-bond acceptors (Lipinski definition) is 2. The number of allylic oxidation sites excluding steroid dienone is 1. The molecule has 1 aromatic rings. The summed E-state index contributed by atoms with van der Waals surface area (Å²) in [6.45, 7) is 7.76. The molecular formula is C19H27NO. The summed E-state index contributed by atoms with van der Waals surface area (Å²) >= 11 is 0. The van der Waals surface area contributed by atoms with E-state index < -0.39 is 0 Å². The Morgan fingerprint density at radius 1 is 1.43 bits per heavy atom. The molecule has 0 spiro atoms. The predicted octanol–water partition coefficient (Wildman–Crippen LogP) is 3.88. The largest absolute Gasteiger partial charge is 0.508 e. The van der Waals surface area contributed by atoms with Crippen LogP contribution < -0.4 is 0 Å². The molecule has 1 aromatic carbocycles. The Hall–Kier alpha value is -1.28. The van der Waals surface area contributed by atoms with Gasteiger partial charge in [0.2, 0.25) is 0 Å². The minimum atomic E-state index is 0.260. The van der Waals surface area contributed by atoms with Gasteiger partial charge in [0, 0.05) is 12.6 Å². The van der Waals surface area contributed by atoms with E-state index in [9.17, 15) is 5.11 Å². The number of fused-ring (bicyclic) bond motifs is 3. The lowest BCUT2D eigenvalue weighted by atomic mass is 9.51. The monoisotopic (exact) mass is 285 g/mol. The van der Waals surface area contributed by atoms with E-state index in [-0.39, 0.29) is 5.41 Å². The third kappa shape index (κ3) is 2.40. The minimum absolute atomic E-state index is 0.260. The Bertz CT molecular complexity index is 573. The van der Waals surface area contributed by atoms with Gasteiger partial charge < -0.3 is 5.11 Å². The molecule has 0 bridgehead atoms. The van der Waals surface area contributed by atoms with Gasteiger partial charge in [0.05, 0.1) is 0 Å². The number of phenols is 1. The standard InChI is InChI=1S/C19H27NO/c1-13(2)8-10-20(4)18-11-14-5-6-15(21)12-17(14)19(3)9-7-16(18)19/h5-6,8,12,16,18,21H,7,9-11H2,1-4H3. The first-order valence-electron chi connectivity index (χ1n) is 8.08. The average molecular weight is 285 g/mol. The molecule has 0 saturated heterocycles. The summed E-state index contributed by atoms with van der Waals surface area (Å²) in [5.74, 6) is 1.14. The van der Waals surface area contributed by atoms with E-state index in [0.717, 1.165) is 18.9 Å². The number of benzene rings is 1. The van der Waals surface area contributed by atoms with Crippen molar-refractivity contribution in [2.24, 2.45) is 5.92 Å². The first-order valence-corrected chi connectivity index (χ1v) is 8.08. The van der Waals surface area contributed by atoms with E-state index in [4.69, 9.17) is 0 Å². The highest BCUT2D eigenvalue weighted by atomic mass is 16.3. The third-order valence-corrected chi connectivity index (χ3v) is 5.75. The van der Waals surface area contributed by atoms with Gasteiger partial charge in [0.15, 0.2) is 0 Å². The quantitative estimate of drug-likeness (QED) is 0.852. The lowest BCUT2D eigenvalue weighted by molar-refractivity contribution is 0.0298. The maximum atomic E-state index is 9.83. The minimum Gasteiger partial charge on any atom is -0.508 e. The van der Waals surface area contributed by atoms with Crippen molar-refractivity contribution in [3.8, 4) is 5.75 Å². The van der Waals surface area contributed by atoms with E-state index in [1.165, 1.54) is 29.5 Å². The molecule has 1 N–H and O–H groups in total. The van der Waals surface area contributed by atoms with Crippen LogP contribution in [0.5, 0.6) is 5.75 Å². The SMILES string of the molecule is CC(C)=CCN(C)C1Cc2ccc(O)cc2C2(C)CCC12. The van der Waals surface area contributed by atoms with Crippen LogP contribution in [0.1, 0.15) is 44.7 Å². The van der Waals surface area contributed by atoms with Crippen LogP contribution in [0.25, 0.3) is 0 Å². The summed E-state index contributed by atoms with van der Waals surface area (Å²) in [6, 6.07) is 6.60. The van der Waals surface area contributed by atoms with Crippen molar-refractivity contribution in [1.82, 2.24) is 4.90 Å². The van der Waals surface area contributed by atoms with Crippen molar-refractivity contribution in [2.45, 2.75) is 51.5 Å². The first-order chi connectivity index (χ1) is 9.91. The fourth-order valence-corrected chi connectivity index (χ4v) is 4.26. The van der Waals surface area contributed by atoms with Crippen LogP contribution in [0.2, 0.25) is 0 Å². The molecule has 1 saturated carbocycles. The summed E-state index contributed by atoms with van der Waals surface area (Å²) in [4.78, 5) is 2.52. The van der Waals surface area contributed by atoms with Crippen LogP contribution in [0.3, 0.4) is 0 Å². The summed E-state index contributed by atoms with van der Waals surface area (Å²) in [5.41, 5.74) is 4.47. The normalized spacial score (nSPS) is 30.3. The van der Waals surface area contributed by atoms with E-state index >= 15 is 0 Å². The number of nitrogens with zero attached hydrogens (tertiary/aromatic N) is 1. The fraction of sp³-hybridized carbons (Fsp3) is 0.579. The van der Waals surface area contributed by atoms with Gasteiger partial charge in [-0.05, 0) is 74.8 Å². The topological polar surface area (TPSA) is 23.5 Å². The zero-order chi connectivity index (χ0) is 15.2. The third-order valence-electron chi connectivity index (χ3n) is 5.75. The van der Waals surface area contributed by atoms with Gasteiger partial charge in [-0.15, -0.1) is 0 Å². The molecule has 114 valence electrons. The Balaban J connectivity index is 1.90. The molecule has 1 fully saturated rings. The molecular weight excluding hydrogens is 258 g/mol. The van der Waals surface area contributed by atoms with Crippen molar-refractivity contribution in [1.29, 1.82) is 0 Å².